The summed E-state index contributed by atoms with van der Waals surface area (Å²) >= 11 is 0. The molecule has 0 saturated carbocycles. The van der Waals surface area contributed by atoms with Crippen LogP contribution >= 0.6 is 0 Å². The van der Waals surface area contributed by atoms with Crippen molar-refractivity contribution in [3.05, 3.63) is 30.0 Å². The second-order valence-corrected chi connectivity index (χ2v) is 3.73. The van der Waals surface area contributed by atoms with Crippen molar-refractivity contribution in [1.29, 1.82) is 5.26 Å². The number of nitrogens with one attached hydrogen (secondary N) is 1. The summed E-state index contributed by atoms with van der Waals surface area (Å²) in [5.41, 5.74) is 1.99. The summed E-state index contributed by atoms with van der Waals surface area (Å²) < 4.78 is 4.52. The minimum atomic E-state index is -0.679. The lowest BCUT2D eigenvalue weighted by Crippen LogP contribution is -2.13. The van der Waals surface area contributed by atoms with E-state index in [0.717, 1.165) is 5.69 Å². The zero-order valence-electron chi connectivity index (χ0n) is 10.4. The highest BCUT2D eigenvalue weighted by atomic mass is 16.5. The van der Waals surface area contributed by atoms with E-state index in [1.54, 1.807) is 18.0 Å². The number of hydrogen-bond donors (Lipinski definition) is 1. The Kier molecular flexibility index (Phi) is 3.43. The lowest BCUT2D eigenvalue weighted by Gasteiger charge is -2.14. The smallest absolute Gasteiger partial charge is 0.350 e. The highest BCUT2D eigenvalue weighted by molar-refractivity contribution is 5.94. The molecule has 0 aliphatic rings. The number of H-pyrrole nitrogens is 1. The van der Waals surface area contributed by atoms with Gasteiger partial charge in [-0.05, 0) is 12.1 Å². The number of rotatable bonds is 3. The molecule has 19 heavy (non-hydrogen) atoms. The predicted octanol–water partition coefficient (Wildman–Crippen LogP) is 0.975. The molecule has 0 atom stereocenters. The standard InChI is InChI=1S/C12H11N5O2/c1-17(7-8(6-13)12(18)19-2)10-5-3-4-9-11(10)15-16-14-9/h3-5,7H,1-2H3,(H,14,15,16). The van der Waals surface area contributed by atoms with Crippen molar-refractivity contribution >= 4 is 22.7 Å². The van der Waals surface area contributed by atoms with E-state index < -0.39 is 5.97 Å². The number of anilines is 1. The topological polar surface area (TPSA) is 94.9 Å². The lowest BCUT2D eigenvalue weighted by molar-refractivity contribution is -0.135. The van der Waals surface area contributed by atoms with Gasteiger partial charge in [-0.2, -0.15) is 20.7 Å². The molecule has 1 heterocycles. The summed E-state index contributed by atoms with van der Waals surface area (Å²) in [6.45, 7) is 0. The predicted molar refractivity (Wildman–Crippen MR) is 68.0 cm³/mol. The molecule has 0 fully saturated rings. The Labute approximate surface area is 109 Å². The van der Waals surface area contributed by atoms with Gasteiger partial charge in [0.25, 0.3) is 0 Å². The minimum Gasteiger partial charge on any atom is -0.465 e. The third-order valence-corrected chi connectivity index (χ3v) is 2.55. The number of para-hydroxylation sites is 1. The van der Waals surface area contributed by atoms with E-state index in [1.165, 1.54) is 13.3 Å². The monoisotopic (exact) mass is 257 g/mol. The molecular weight excluding hydrogens is 246 g/mol. The van der Waals surface area contributed by atoms with Crippen LogP contribution in [-0.2, 0) is 9.53 Å². The number of carbonyl (C=O) groups excluding carboxylic acids is 1. The molecule has 2 aromatic rings. The molecule has 0 spiro atoms. The molecule has 0 aliphatic heterocycles. The summed E-state index contributed by atoms with van der Waals surface area (Å²) in [6, 6.07) is 7.23. The third kappa shape index (κ3) is 2.37. The van der Waals surface area contributed by atoms with Gasteiger partial charge in [0.05, 0.1) is 12.8 Å². The largest absolute Gasteiger partial charge is 0.465 e. The Morgan fingerprint density at radius 2 is 2.32 bits per heavy atom. The number of methoxy groups -OCH3 is 1. The maximum absolute atomic E-state index is 11.3. The van der Waals surface area contributed by atoms with Gasteiger partial charge in [0.2, 0.25) is 0 Å². The van der Waals surface area contributed by atoms with Gasteiger partial charge in [-0.15, -0.1) is 0 Å². The van der Waals surface area contributed by atoms with Crippen LogP contribution in [-0.4, -0.2) is 35.5 Å². The van der Waals surface area contributed by atoms with Crippen molar-refractivity contribution in [3.63, 3.8) is 0 Å². The fourth-order valence-electron chi connectivity index (χ4n) is 1.64. The molecule has 7 nitrogen and oxygen atoms in total. The van der Waals surface area contributed by atoms with Crippen molar-refractivity contribution in [2.75, 3.05) is 19.1 Å². The minimum absolute atomic E-state index is 0.0921. The van der Waals surface area contributed by atoms with Gasteiger partial charge >= 0.3 is 5.97 Å². The summed E-state index contributed by atoms with van der Waals surface area (Å²) in [5.74, 6) is -0.679. The van der Waals surface area contributed by atoms with Crippen molar-refractivity contribution in [2.24, 2.45) is 0 Å². The quantitative estimate of drug-likeness (QED) is 0.500. The summed E-state index contributed by atoms with van der Waals surface area (Å²) in [5, 5.41) is 19.5. The number of ether oxygens (including phenoxy) is 1. The first-order valence-electron chi connectivity index (χ1n) is 5.40. The van der Waals surface area contributed by atoms with Crippen LogP contribution in [0.2, 0.25) is 0 Å². The molecule has 0 aliphatic carbocycles. The number of nitrogens with zero attached hydrogens (tertiary/aromatic N) is 4. The summed E-state index contributed by atoms with van der Waals surface area (Å²) in [6.07, 6.45) is 1.40. The molecule has 2 rings (SSSR count). The van der Waals surface area contributed by atoms with Crippen LogP contribution in [0.1, 0.15) is 0 Å². The Balaban J connectivity index is 2.42. The van der Waals surface area contributed by atoms with E-state index in [-0.39, 0.29) is 5.57 Å². The van der Waals surface area contributed by atoms with Crippen LogP contribution < -0.4 is 4.90 Å². The zero-order chi connectivity index (χ0) is 13.8. The van der Waals surface area contributed by atoms with Crippen LogP contribution in [0.25, 0.3) is 11.0 Å². The van der Waals surface area contributed by atoms with Gasteiger partial charge in [0, 0.05) is 13.2 Å². The molecule has 1 aromatic heterocycles. The van der Waals surface area contributed by atoms with Crippen molar-refractivity contribution in [1.82, 2.24) is 15.4 Å². The average Bonchev–Trinajstić information content (AvgIpc) is 2.91. The number of aromatic amines is 1. The Hall–Kier alpha value is -2.88. The van der Waals surface area contributed by atoms with E-state index in [0.29, 0.717) is 11.0 Å². The van der Waals surface area contributed by atoms with Gasteiger partial charge in [-0.25, -0.2) is 4.79 Å². The second kappa shape index (κ2) is 5.18. The fraction of sp³-hybridized carbons (Fsp3) is 0.167. The number of aromatic nitrogens is 3. The molecule has 96 valence electrons. The van der Waals surface area contributed by atoms with Crippen LogP contribution in [0.15, 0.2) is 30.0 Å². The Bertz CT molecular complexity index is 683. The number of esters is 1. The van der Waals surface area contributed by atoms with Gasteiger partial charge < -0.3 is 9.64 Å². The molecular formula is C12H11N5O2. The number of benzene rings is 1. The fourth-order valence-corrected chi connectivity index (χ4v) is 1.64. The Morgan fingerprint density at radius 1 is 1.53 bits per heavy atom. The first-order valence-corrected chi connectivity index (χ1v) is 5.40. The molecule has 0 saturated heterocycles. The van der Waals surface area contributed by atoms with E-state index in [2.05, 4.69) is 20.1 Å². The van der Waals surface area contributed by atoms with Crippen LogP contribution in [0.5, 0.6) is 0 Å². The van der Waals surface area contributed by atoms with Gasteiger partial charge in [-0.3, -0.25) is 0 Å². The maximum Gasteiger partial charge on any atom is 0.350 e. The molecule has 0 unspecified atom stereocenters. The Morgan fingerprint density at radius 3 is 3.00 bits per heavy atom. The van der Waals surface area contributed by atoms with E-state index in [1.807, 2.05) is 18.2 Å². The lowest BCUT2D eigenvalue weighted by atomic mass is 10.2. The number of carbonyl (C=O) groups is 1. The molecule has 0 radical (unpaired) electrons. The molecule has 1 aromatic carbocycles. The van der Waals surface area contributed by atoms with Crippen molar-refractivity contribution in [2.45, 2.75) is 0 Å². The van der Waals surface area contributed by atoms with E-state index >= 15 is 0 Å². The van der Waals surface area contributed by atoms with Gasteiger partial charge in [0.1, 0.15) is 17.1 Å². The SMILES string of the molecule is COC(=O)C(C#N)=CN(C)c1cccc2n[nH]nc12. The number of fused-ring (bicyclic) bond motifs is 1. The van der Waals surface area contributed by atoms with E-state index in [4.69, 9.17) is 5.26 Å². The van der Waals surface area contributed by atoms with Crippen molar-refractivity contribution < 1.29 is 9.53 Å². The van der Waals surface area contributed by atoms with Crippen LogP contribution in [0, 0.1) is 11.3 Å². The maximum atomic E-state index is 11.3. The first-order chi connectivity index (χ1) is 9.17. The van der Waals surface area contributed by atoms with Gasteiger partial charge in [0.15, 0.2) is 5.57 Å². The average molecular weight is 257 g/mol. The zero-order valence-corrected chi connectivity index (χ0v) is 10.4. The molecule has 0 bridgehead atoms. The van der Waals surface area contributed by atoms with Gasteiger partial charge in [-0.1, -0.05) is 6.07 Å². The summed E-state index contributed by atoms with van der Waals surface area (Å²) in [7, 11) is 2.94. The molecule has 7 heteroatoms. The number of nitriles is 1. The highest BCUT2D eigenvalue weighted by Crippen LogP contribution is 2.22. The first kappa shape index (κ1) is 12.6. The summed E-state index contributed by atoms with van der Waals surface area (Å²) in [4.78, 5) is 13.0. The molecule has 1 N–H and O–H groups in total. The highest BCUT2D eigenvalue weighted by Gasteiger charge is 2.12. The normalized spacial score (nSPS) is 11.1. The van der Waals surface area contributed by atoms with E-state index in [9.17, 15) is 4.79 Å². The van der Waals surface area contributed by atoms with Crippen LogP contribution in [0.3, 0.4) is 0 Å². The van der Waals surface area contributed by atoms with Crippen molar-refractivity contribution in [3.8, 4) is 6.07 Å². The molecule has 0 amide bonds. The second-order valence-electron chi connectivity index (χ2n) is 3.73. The van der Waals surface area contributed by atoms with Crippen LogP contribution in [0.4, 0.5) is 5.69 Å². The number of hydrogen-bond acceptors (Lipinski definition) is 6. The third-order valence-electron chi connectivity index (χ3n) is 2.55.